The fourth-order valence-electron chi connectivity index (χ4n) is 3.25. The first kappa shape index (κ1) is 17.0. The van der Waals surface area contributed by atoms with Gasteiger partial charge in [-0.2, -0.15) is 0 Å². The van der Waals surface area contributed by atoms with Crippen LogP contribution in [0.4, 0.5) is 5.69 Å². The van der Waals surface area contributed by atoms with Crippen molar-refractivity contribution in [1.29, 1.82) is 0 Å². The summed E-state index contributed by atoms with van der Waals surface area (Å²) < 4.78 is -0.307. The van der Waals surface area contributed by atoms with Crippen molar-refractivity contribution in [3.8, 4) is 0 Å². The Bertz CT molecular complexity index is 605. The van der Waals surface area contributed by atoms with Gasteiger partial charge >= 0.3 is 141 Å². The monoisotopic (exact) mass is 362 g/mol. The van der Waals surface area contributed by atoms with Gasteiger partial charge < -0.3 is 0 Å². The standard InChI is InChI=1S/C17H22N.2ClH.Cr/c1-11-12(2)14(4)17(13(11)3)15-9-7-8-10-16(15)18(5)6;;;/h7-10H,1-6H3;2*1H;/q;;;+2/p-2. The molecule has 0 radical (unpaired) electrons. The van der Waals surface area contributed by atoms with Crippen LogP contribution in [0.25, 0.3) is 0 Å². The summed E-state index contributed by atoms with van der Waals surface area (Å²) in [6, 6.07) is 8.46. The Hall–Kier alpha value is -0.388. The van der Waals surface area contributed by atoms with Crippen LogP contribution in [0.15, 0.2) is 46.6 Å². The molecule has 0 N–H and O–H groups in total. The number of anilines is 1. The van der Waals surface area contributed by atoms with Crippen LogP contribution in [0.2, 0.25) is 0 Å². The van der Waals surface area contributed by atoms with Crippen LogP contribution in [-0.2, 0) is 16.6 Å². The van der Waals surface area contributed by atoms with Crippen LogP contribution >= 0.6 is 20.1 Å². The maximum atomic E-state index is 6.68. The fourth-order valence-corrected chi connectivity index (χ4v) is 7.58. The van der Waals surface area contributed by atoms with E-state index >= 15 is 0 Å². The van der Waals surface area contributed by atoms with Gasteiger partial charge in [-0.3, -0.25) is 0 Å². The summed E-state index contributed by atoms with van der Waals surface area (Å²) in [6.07, 6.45) is 0. The van der Waals surface area contributed by atoms with Crippen molar-refractivity contribution in [2.75, 3.05) is 19.0 Å². The second-order valence-electron chi connectivity index (χ2n) is 5.81. The minimum absolute atomic E-state index is 0.307. The van der Waals surface area contributed by atoms with Crippen LogP contribution in [-0.4, -0.2) is 14.1 Å². The summed E-state index contributed by atoms with van der Waals surface area (Å²) in [6.45, 7) is 8.72. The van der Waals surface area contributed by atoms with E-state index in [2.05, 4.69) is 71.0 Å². The topological polar surface area (TPSA) is 3.24 Å². The van der Waals surface area contributed by atoms with Crippen LogP contribution in [0.3, 0.4) is 0 Å². The average molecular weight is 363 g/mol. The average Bonchev–Trinajstić information content (AvgIpc) is 2.61. The molecule has 2 rings (SSSR count). The van der Waals surface area contributed by atoms with Gasteiger partial charge in [0, 0.05) is 0 Å². The molecule has 0 unspecified atom stereocenters. The molecule has 0 saturated heterocycles. The number of nitrogens with zero attached hydrogens (tertiary/aromatic N) is 1. The van der Waals surface area contributed by atoms with Crippen LogP contribution in [0.5, 0.6) is 0 Å². The Labute approximate surface area is 141 Å². The molecule has 1 aromatic carbocycles. The van der Waals surface area contributed by atoms with Crippen LogP contribution in [0, 0.1) is 0 Å². The van der Waals surface area contributed by atoms with E-state index in [1.54, 1.807) is 0 Å². The molecule has 0 aromatic heterocycles. The zero-order chi connectivity index (χ0) is 15.9. The predicted molar refractivity (Wildman–Crippen MR) is 90.9 cm³/mol. The molecule has 0 atom stereocenters. The van der Waals surface area contributed by atoms with Gasteiger partial charge in [0.2, 0.25) is 0 Å². The number of allylic oxidation sites excluding steroid dienone is 4. The Kier molecular flexibility index (Phi) is 4.86. The Morgan fingerprint density at radius 2 is 1.38 bits per heavy atom. The van der Waals surface area contributed by atoms with Gasteiger partial charge in [-0.25, -0.2) is 0 Å². The van der Waals surface area contributed by atoms with Gasteiger partial charge in [-0.15, -0.1) is 0 Å². The van der Waals surface area contributed by atoms with Gasteiger partial charge in [-0.1, -0.05) is 0 Å². The molecule has 0 fully saturated rings. The van der Waals surface area contributed by atoms with E-state index in [4.69, 9.17) is 20.1 Å². The normalized spacial score (nSPS) is 18.0. The van der Waals surface area contributed by atoms with Gasteiger partial charge in [0.15, 0.2) is 0 Å². The quantitative estimate of drug-likeness (QED) is 0.680. The summed E-state index contributed by atoms with van der Waals surface area (Å²) in [4.78, 5) is 2.14. The van der Waals surface area contributed by atoms with Gasteiger partial charge in [0.25, 0.3) is 0 Å². The molecule has 0 saturated carbocycles. The van der Waals surface area contributed by atoms with Gasteiger partial charge in [0.05, 0.1) is 0 Å². The van der Waals surface area contributed by atoms with E-state index in [0.29, 0.717) is 0 Å². The predicted octanol–water partition coefficient (Wildman–Crippen LogP) is 5.56. The van der Waals surface area contributed by atoms with Crippen molar-refractivity contribution in [1.82, 2.24) is 0 Å². The zero-order valence-electron chi connectivity index (χ0n) is 13.4. The van der Waals surface area contributed by atoms with Crippen LogP contribution in [0.1, 0.15) is 33.3 Å². The number of benzene rings is 1. The molecule has 0 bridgehead atoms. The fraction of sp³-hybridized carbons (Fsp3) is 0.412. The van der Waals surface area contributed by atoms with Crippen LogP contribution < -0.4 is 4.90 Å². The zero-order valence-corrected chi connectivity index (χ0v) is 16.2. The minimum atomic E-state index is -1.89. The molecule has 1 nitrogen and oxygen atoms in total. The molecule has 0 heterocycles. The molecule has 0 aliphatic heterocycles. The molecule has 1 aromatic rings. The maximum absolute atomic E-state index is 6.68. The Morgan fingerprint density at radius 1 is 0.905 bits per heavy atom. The van der Waals surface area contributed by atoms with E-state index in [0.717, 1.165) is 0 Å². The van der Waals surface area contributed by atoms with Gasteiger partial charge in [-0.05, 0) is 0 Å². The van der Waals surface area contributed by atoms with E-state index in [-0.39, 0.29) is 4.28 Å². The van der Waals surface area contributed by atoms with E-state index in [1.165, 1.54) is 33.5 Å². The summed E-state index contributed by atoms with van der Waals surface area (Å²) in [7, 11) is 17.5. The molecule has 0 spiro atoms. The van der Waals surface area contributed by atoms with E-state index < -0.39 is 12.3 Å². The summed E-state index contributed by atoms with van der Waals surface area (Å²) in [5, 5.41) is 0. The Morgan fingerprint density at radius 3 is 1.81 bits per heavy atom. The number of para-hydroxylation sites is 1. The first-order valence-corrected chi connectivity index (χ1v) is 11.1. The SMILES string of the molecule is CC1=C(C)[C](c2ccccc2N(C)C)([Cr]([Cl])[Cl])C(C)=C1C. The summed E-state index contributed by atoms with van der Waals surface area (Å²) in [5.74, 6) is 0. The third-order valence-electron chi connectivity index (χ3n) is 4.74. The van der Waals surface area contributed by atoms with Gasteiger partial charge in [0.1, 0.15) is 0 Å². The summed E-state index contributed by atoms with van der Waals surface area (Å²) in [5.41, 5.74) is 7.70. The van der Waals surface area contributed by atoms with Crippen molar-refractivity contribution in [3.63, 3.8) is 0 Å². The van der Waals surface area contributed by atoms with E-state index in [9.17, 15) is 0 Å². The third kappa shape index (κ3) is 2.37. The number of halogens is 2. The van der Waals surface area contributed by atoms with Crippen molar-refractivity contribution in [2.24, 2.45) is 0 Å². The second-order valence-corrected chi connectivity index (χ2v) is 10.6. The molecule has 1 aliphatic carbocycles. The molecule has 115 valence electrons. The van der Waals surface area contributed by atoms with E-state index in [1.807, 2.05) is 0 Å². The number of hydrogen-bond donors (Lipinski definition) is 0. The molecule has 21 heavy (non-hydrogen) atoms. The Balaban J connectivity index is 2.85. The molecular formula is C17H22Cl2CrN. The second kappa shape index (κ2) is 6.01. The van der Waals surface area contributed by atoms with Crippen molar-refractivity contribution in [2.45, 2.75) is 32.0 Å². The first-order chi connectivity index (χ1) is 9.76. The molecule has 4 heteroatoms. The van der Waals surface area contributed by atoms with Crippen molar-refractivity contribution >= 4 is 25.8 Å². The molecular weight excluding hydrogens is 341 g/mol. The first-order valence-electron chi connectivity index (χ1n) is 6.96. The third-order valence-corrected chi connectivity index (χ3v) is 8.67. The van der Waals surface area contributed by atoms with Crippen molar-refractivity contribution in [3.05, 3.63) is 52.1 Å². The number of rotatable bonds is 3. The number of hydrogen-bond acceptors (Lipinski definition) is 1. The molecule has 0 amide bonds. The molecule has 1 aliphatic rings. The summed E-state index contributed by atoms with van der Waals surface area (Å²) >= 11 is -1.89. The van der Waals surface area contributed by atoms with Crippen molar-refractivity contribution < 1.29 is 12.3 Å².